The molecule has 1 aromatic heterocycles. The number of nitro groups is 1. The van der Waals surface area contributed by atoms with Gasteiger partial charge in [-0.25, -0.2) is 0 Å². The summed E-state index contributed by atoms with van der Waals surface area (Å²) in [4.78, 5) is 45.5. The highest BCUT2D eigenvalue weighted by Gasteiger charge is 2.19. The van der Waals surface area contributed by atoms with E-state index in [9.17, 15) is 24.5 Å². The molecule has 2 rings (SSSR count). The summed E-state index contributed by atoms with van der Waals surface area (Å²) < 4.78 is 0.720. The SMILES string of the molecule is NC(=O)c1cc([N+](=O)[O-])cn(CC(=O)Nc2ccc(Cl)cc2Cl)c1=O. The lowest BCUT2D eigenvalue weighted by molar-refractivity contribution is -0.385. The minimum atomic E-state index is -1.14. The van der Waals surface area contributed by atoms with Gasteiger partial charge in [-0.1, -0.05) is 23.2 Å². The van der Waals surface area contributed by atoms with Crippen LogP contribution in [0.25, 0.3) is 0 Å². The fourth-order valence-corrected chi connectivity index (χ4v) is 2.40. The summed E-state index contributed by atoms with van der Waals surface area (Å²) >= 11 is 11.7. The first-order chi connectivity index (χ1) is 11.7. The summed E-state index contributed by atoms with van der Waals surface area (Å²) in [6, 6.07) is 5.11. The quantitative estimate of drug-likeness (QED) is 0.597. The molecule has 0 saturated heterocycles. The summed E-state index contributed by atoms with van der Waals surface area (Å²) in [5.41, 5.74) is 3.21. The molecule has 3 N–H and O–H groups in total. The predicted octanol–water partition coefficient (Wildman–Crippen LogP) is 1.80. The zero-order valence-corrected chi connectivity index (χ0v) is 13.9. The Morgan fingerprint density at radius 1 is 1.28 bits per heavy atom. The Hall–Kier alpha value is -2.91. The molecule has 130 valence electrons. The lowest BCUT2D eigenvalue weighted by atomic mass is 10.2. The number of pyridine rings is 1. The van der Waals surface area contributed by atoms with Crippen molar-refractivity contribution in [3.8, 4) is 0 Å². The number of halogens is 2. The third-order valence-electron chi connectivity index (χ3n) is 3.07. The van der Waals surface area contributed by atoms with E-state index < -0.39 is 40.1 Å². The molecule has 1 aromatic carbocycles. The van der Waals surface area contributed by atoms with Gasteiger partial charge in [0.25, 0.3) is 17.2 Å². The molecule has 0 aliphatic heterocycles. The number of hydrogen-bond acceptors (Lipinski definition) is 5. The average molecular weight is 385 g/mol. The van der Waals surface area contributed by atoms with E-state index >= 15 is 0 Å². The number of carbonyl (C=O) groups excluding carboxylic acids is 2. The van der Waals surface area contributed by atoms with Crippen LogP contribution in [0.4, 0.5) is 11.4 Å². The van der Waals surface area contributed by atoms with E-state index in [-0.39, 0.29) is 10.7 Å². The maximum atomic E-state index is 12.1. The van der Waals surface area contributed by atoms with Gasteiger partial charge in [-0.2, -0.15) is 0 Å². The number of benzene rings is 1. The highest BCUT2D eigenvalue weighted by Crippen LogP contribution is 2.25. The molecule has 0 radical (unpaired) electrons. The van der Waals surface area contributed by atoms with Crippen molar-refractivity contribution in [3.05, 3.63) is 66.5 Å². The molecule has 0 aliphatic rings. The van der Waals surface area contributed by atoms with Gasteiger partial charge in [-0.05, 0) is 18.2 Å². The maximum Gasteiger partial charge on any atom is 0.286 e. The van der Waals surface area contributed by atoms with Crippen molar-refractivity contribution in [2.45, 2.75) is 6.54 Å². The summed E-state index contributed by atoms with van der Waals surface area (Å²) in [7, 11) is 0. The number of rotatable bonds is 5. The number of nitrogens with zero attached hydrogens (tertiary/aromatic N) is 2. The zero-order valence-electron chi connectivity index (χ0n) is 12.4. The molecule has 0 fully saturated rings. The average Bonchev–Trinajstić information content (AvgIpc) is 2.51. The van der Waals surface area contributed by atoms with Crippen LogP contribution < -0.4 is 16.6 Å². The van der Waals surface area contributed by atoms with Crippen molar-refractivity contribution in [1.29, 1.82) is 0 Å². The van der Waals surface area contributed by atoms with Crippen LogP contribution in [-0.4, -0.2) is 21.3 Å². The van der Waals surface area contributed by atoms with Crippen LogP contribution in [0.2, 0.25) is 10.0 Å². The Morgan fingerprint density at radius 2 is 1.96 bits per heavy atom. The van der Waals surface area contributed by atoms with Crippen LogP contribution in [0, 0.1) is 10.1 Å². The van der Waals surface area contributed by atoms with E-state index in [1.54, 1.807) is 0 Å². The van der Waals surface area contributed by atoms with Gasteiger partial charge in [0.15, 0.2) is 0 Å². The fourth-order valence-electron chi connectivity index (χ4n) is 1.95. The van der Waals surface area contributed by atoms with Crippen LogP contribution in [-0.2, 0) is 11.3 Å². The molecule has 0 spiro atoms. The number of amides is 2. The zero-order chi connectivity index (χ0) is 18.7. The van der Waals surface area contributed by atoms with Crippen LogP contribution in [0.1, 0.15) is 10.4 Å². The van der Waals surface area contributed by atoms with Crippen LogP contribution >= 0.6 is 23.2 Å². The molecule has 0 aliphatic carbocycles. The van der Waals surface area contributed by atoms with Crippen LogP contribution in [0.15, 0.2) is 35.3 Å². The van der Waals surface area contributed by atoms with Gasteiger partial charge in [0.1, 0.15) is 12.1 Å². The summed E-state index contributed by atoms with van der Waals surface area (Å²) in [5.74, 6) is -1.83. The second-order valence-corrected chi connectivity index (χ2v) is 5.68. The first-order valence-electron chi connectivity index (χ1n) is 6.62. The van der Waals surface area contributed by atoms with Crippen molar-refractivity contribution in [2.24, 2.45) is 5.73 Å². The van der Waals surface area contributed by atoms with Crippen molar-refractivity contribution in [3.63, 3.8) is 0 Å². The number of nitrogens with one attached hydrogen (secondary N) is 1. The Morgan fingerprint density at radius 3 is 2.52 bits per heavy atom. The smallest absolute Gasteiger partial charge is 0.286 e. The minimum absolute atomic E-state index is 0.171. The molecule has 2 amide bonds. The highest BCUT2D eigenvalue weighted by atomic mass is 35.5. The minimum Gasteiger partial charge on any atom is -0.365 e. The monoisotopic (exact) mass is 384 g/mol. The van der Waals surface area contributed by atoms with E-state index in [1.807, 2.05) is 0 Å². The van der Waals surface area contributed by atoms with E-state index in [1.165, 1.54) is 18.2 Å². The number of aromatic nitrogens is 1. The van der Waals surface area contributed by atoms with E-state index in [4.69, 9.17) is 28.9 Å². The van der Waals surface area contributed by atoms with Crippen molar-refractivity contribution in [2.75, 3.05) is 5.32 Å². The molecule has 11 heteroatoms. The Kier molecular flexibility index (Phi) is 5.40. The van der Waals surface area contributed by atoms with Gasteiger partial charge >= 0.3 is 0 Å². The van der Waals surface area contributed by atoms with E-state index in [0.717, 1.165) is 16.8 Å². The molecular formula is C14H10Cl2N4O5. The summed E-state index contributed by atoms with van der Waals surface area (Å²) in [6.07, 6.45) is 0.845. The molecule has 0 unspecified atom stereocenters. The van der Waals surface area contributed by atoms with Gasteiger partial charge in [0.2, 0.25) is 5.91 Å². The standard InChI is InChI=1S/C14H10Cl2N4O5/c15-7-1-2-11(10(16)3-7)18-12(21)6-19-5-8(20(24)25)4-9(13(17)22)14(19)23/h1-5H,6H2,(H2,17,22)(H,18,21). The number of nitrogens with two attached hydrogens (primary N) is 1. The largest absolute Gasteiger partial charge is 0.365 e. The Bertz CT molecular complexity index is 941. The topological polar surface area (TPSA) is 137 Å². The molecule has 9 nitrogen and oxygen atoms in total. The predicted molar refractivity (Wildman–Crippen MR) is 91.0 cm³/mol. The molecular weight excluding hydrogens is 375 g/mol. The second-order valence-electron chi connectivity index (χ2n) is 4.84. The van der Waals surface area contributed by atoms with Crippen LogP contribution in [0.3, 0.4) is 0 Å². The molecule has 2 aromatic rings. The number of hydrogen-bond donors (Lipinski definition) is 2. The number of carbonyl (C=O) groups is 2. The van der Waals surface area contributed by atoms with Crippen LogP contribution in [0.5, 0.6) is 0 Å². The van der Waals surface area contributed by atoms with Gasteiger partial charge in [-0.15, -0.1) is 0 Å². The molecule has 0 atom stereocenters. The third-order valence-corrected chi connectivity index (χ3v) is 3.61. The molecule has 0 bridgehead atoms. The Balaban J connectivity index is 2.32. The molecule has 25 heavy (non-hydrogen) atoms. The van der Waals surface area contributed by atoms with E-state index in [0.29, 0.717) is 5.02 Å². The van der Waals surface area contributed by atoms with Crippen molar-refractivity contribution in [1.82, 2.24) is 4.57 Å². The lowest BCUT2D eigenvalue weighted by Gasteiger charge is -2.10. The lowest BCUT2D eigenvalue weighted by Crippen LogP contribution is -2.33. The number of anilines is 1. The highest BCUT2D eigenvalue weighted by molar-refractivity contribution is 6.36. The summed E-state index contributed by atoms with van der Waals surface area (Å²) in [6.45, 7) is -0.584. The van der Waals surface area contributed by atoms with Gasteiger partial charge in [0.05, 0.1) is 21.8 Å². The van der Waals surface area contributed by atoms with Gasteiger partial charge in [-0.3, -0.25) is 29.1 Å². The second kappa shape index (κ2) is 7.32. The van der Waals surface area contributed by atoms with Gasteiger partial charge < -0.3 is 11.1 Å². The van der Waals surface area contributed by atoms with Crippen molar-refractivity contribution < 1.29 is 14.5 Å². The maximum absolute atomic E-state index is 12.1. The molecule has 1 heterocycles. The van der Waals surface area contributed by atoms with E-state index in [2.05, 4.69) is 5.32 Å². The summed E-state index contributed by atoms with van der Waals surface area (Å²) in [5, 5.41) is 13.9. The van der Waals surface area contributed by atoms with Crippen molar-refractivity contribution >= 4 is 46.4 Å². The first-order valence-corrected chi connectivity index (χ1v) is 7.38. The molecule has 0 saturated carbocycles. The first kappa shape index (κ1) is 18.4. The number of primary amides is 1. The normalized spacial score (nSPS) is 10.3. The van der Waals surface area contributed by atoms with Gasteiger partial charge in [0, 0.05) is 11.1 Å². The Labute approximate surface area is 150 Å². The third kappa shape index (κ3) is 4.34. The fraction of sp³-hybridized carbons (Fsp3) is 0.0714.